The predicted octanol–water partition coefficient (Wildman–Crippen LogP) is 7.31. The lowest BCUT2D eigenvalue weighted by Gasteiger charge is -2.33. The average Bonchev–Trinajstić information content (AvgIpc) is 3.26. The van der Waals surface area contributed by atoms with Crippen molar-refractivity contribution in [1.29, 1.82) is 0 Å². The average molecular weight is 525 g/mol. The molecule has 0 unspecified atom stereocenters. The molecule has 1 amide bonds. The standard InChI is InChI=1S/C29H31F3N4O2/c1-28(2,3)38-27(37)35-16-13-19(14-17-35)15-18-36-24-21-11-7-8-12-22(21)33-25(29(30,31)32)23(24)34-26(36)20-9-5-4-6-10-20/h4-12,19H,13-18H2,1-3H3. The zero-order valence-corrected chi connectivity index (χ0v) is 21.8. The number of ether oxygens (including phenoxy) is 1. The fourth-order valence-electron chi connectivity index (χ4n) is 5.10. The van der Waals surface area contributed by atoms with Gasteiger partial charge in [0.1, 0.15) is 16.9 Å². The summed E-state index contributed by atoms with van der Waals surface area (Å²) in [5.74, 6) is 0.820. The van der Waals surface area contributed by atoms with E-state index < -0.39 is 17.5 Å². The number of nitrogens with zero attached hydrogens (tertiary/aromatic N) is 4. The van der Waals surface area contributed by atoms with E-state index in [4.69, 9.17) is 4.74 Å². The maximum Gasteiger partial charge on any atom is 0.435 e. The smallest absolute Gasteiger partial charge is 0.435 e. The molecule has 1 aliphatic rings. The summed E-state index contributed by atoms with van der Waals surface area (Å²) in [5, 5.41) is 0.643. The highest BCUT2D eigenvalue weighted by Gasteiger charge is 2.38. The zero-order chi connectivity index (χ0) is 27.1. The molecule has 0 atom stereocenters. The number of piperidine rings is 1. The van der Waals surface area contributed by atoms with Crippen molar-refractivity contribution in [3.8, 4) is 11.4 Å². The molecular weight excluding hydrogens is 493 g/mol. The summed E-state index contributed by atoms with van der Waals surface area (Å²) in [6.45, 7) is 7.24. The SMILES string of the molecule is CC(C)(C)OC(=O)N1CCC(CCn2c(-c3ccccc3)nc3c(C(F)(F)F)nc4ccccc4c32)CC1. The summed E-state index contributed by atoms with van der Waals surface area (Å²) in [5.41, 5.74) is -0.146. The van der Waals surface area contributed by atoms with Crippen molar-refractivity contribution in [2.24, 2.45) is 5.92 Å². The van der Waals surface area contributed by atoms with Gasteiger partial charge in [0.25, 0.3) is 0 Å². The van der Waals surface area contributed by atoms with Crippen LogP contribution in [0.1, 0.15) is 45.7 Å². The number of benzene rings is 2. The van der Waals surface area contributed by atoms with Crippen LogP contribution in [-0.2, 0) is 17.5 Å². The van der Waals surface area contributed by atoms with Crippen molar-refractivity contribution >= 4 is 28.0 Å². The highest BCUT2D eigenvalue weighted by atomic mass is 19.4. The Hall–Kier alpha value is -3.62. The second-order valence-corrected chi connectivity index (χ2v) is 10.8. The van der Waals surface area contributed by atoms with Crippen LogP contribution in [0.2, 0.25) is 0 Å². The van der Waals surface area contributed by atoms with E-state index in [1.54, 1.807) is 23.1 Å². The van der Waals surface area contributed by atoms with Crippen LogP contribution in [0.4, 0.5) is 18.0 Å². The van der Waals surface area contributed by atoms with Gasteiger partial charge in [0.2, 0.25) is 0 Å². The minimum absolute atomic E-state index is 0.130. The fourth-order valence-corrected chi connectivity index (χ4v) is 5.10. The molecule has 4 aromatic rings. The van der Waals surface area contributed by atoms with Gasteiger partial charge < -0.3 is 14.2 Å². The van der Waals surface area contributed by atoms with E-state index in [2.05, 4.69) is 9.97 Å². The number of para-hydroxylation sites is 1. The van der Waals surface area contributed by atoms with Crippen LogP contribution >= 0.6 is 0 Å². The van der Waals surface area contributed by atoms with Crippen LogP contribution in [0.5, 0.6) is 0 Å². The number of likely N-dealkylation sites (tertiary alicyclic amines) is 1. The summed E-state index contributed by atoms with van der Waals surface area (Å²) in [7, 11) is 0. The third-order valence-electron chi connectivity index (χ3n) is 6.91. The molecule has 0 spiro atoms. The molecule has 0 N–H and O–H groups in total. The first-order chi connectivity index (χ1) is 18.0. The van der Waals surface area contributed by atoms with Gasteiger partial charge in [-0.15, -0.1) is 0 Å². The topological polar surface area (TPSA) is 60.2 Å². The highest BCUT2D eigenvalue weighted by molar-refractivity contribution is 6.04. The van der Waals surface area contributed by atoms with Crippen molar-refractivity contribution in [2.75, 3.05) is 13.1 Å². The van der Waals surface area contributed by atoms with Gasteiger partial charge in [-0.3, -0.25) is 0 Å². The van der Waals surface area contributed by atoms with Crippen molar-refractivity contribution in [1.82, 2.24) is 19.4 Å². The molecule has 1 saturated heterocycles. The van der Waals surface area contributed by atoms with E-state index in [-0.39, 0.29) is 11.6 Å². The maximum absolute atomic E-state index is 14.1. The van der Waals surface area contributed by atoms with Gasteiger partial charge in [-0.2, -0.15) is 13.2 Å². The number of imidazole rings is 1. The number of aryl methyl sites for hydroxylation is 1. The van der Waals surface area contributed by atoms with Gasteiger partial charge in [-0.25, -0.2) is 14.8 Å². The second-order valence-electron chi connectivity index (χ2n) is 10.8. The minimum Gasteiger partial charge on any atom is -0.444 e. The van der Waals surface area contributed by atoms with Crippen molar-refractivity contribution in [3.63, 3.8) is 0 Å². The van der Waals surface area contributed by atoms with Crippen LogP contribution in [0.15, 0.2) is 54.6 Å². The Morgan fingerprint density at radius 3 is 2.29 bits per heavy atom. The summed E-state index contributed by atoms with van der Waals surface area (Å²) in [6.07, 6.45) is -2.57. The Labute approximate surface area is 219 Å². The van der Waals surface area contributed by atoms with Gasteiger partial charge in [-0.1, -0.05) is 48.5 Å². The molecule has 9 heteroatoms. The third kappa shape index (κ3) is 5.33. The summed E-state index contributed by atoms with van der Waals surface area (Å²) < 4.78 is 49.8. The van der Waals surface area contributed by atoms with Gasteiger partial charge in [0, 0.05) is 30.6 Å². The van der Waals surface area contributed by atoms with Crippen LogP contribution in [0.3, 0.4) is 0 Å². The number of hydrogen-bond donors (Lipinski definition) is 0. The molecule has 0 radical (unpaired) electrons. The van der Waals surface area contributed by atoms with Gasteiger partial charge in [-0.05, 0) is 52.0 Å². The number of carbonyl (C=O) groups is 1. The molecular formula is C29H31F3N4O2. The van der Waals surface area contributed by atoms with E-state index in [9.17, 15) is 18.0 Å². The minimum atomic E-state index is -4.64. The maximum atomic E-state index is 14.1. The number of pyridine rings is 1. The monoisotopic (exact) mass is 524 g/mol. The molecule has 38 heavy (non-hydrogen) atoms. The second kappa shape index (κ2) is 9.93. The van der Waals surface area contributed by atoms with Crippen LogP contribution < -0.4 is 0 Å². The number of carbonyl (C=O) groups excluding carboxylic acids is 1. The molecule has 3 heterocycles. The number of aromatic nitrogens is 3. The molecule has 0 bridgehead atoms. The lowest BCUT2D eigenvalue weighted by molar-refractivity contribution is -0.139. The molecule has 0 saturated carbocycles. The van der Waals surface area contributed by atoms with E-state index >= 15 is 0 Å². The van der Waals surface area contributed by atoms with E-state index in [0.717, 1.165) is 24.8 Å². The first-order valence-electron chi connectivity index (χ1n) is 12.9. The largest absolute Gasteiger partial charge is 0.444 e. The Kier molecular flexibility index (Phi) is 6.79. The molecule has 2 aromatic heterocycles. The predicted molar refractivity (Wildman–Crippen MR) is 141 cm³/mol. The number of rotatable bonds is 4. The summed E-state index contributed by atoms with van der Waals surface area (Å²) >= 11 is 0. The van der Waals surface area contributed by atoms with Crippen LogP contribution in [0.25, 0.3) is 33.3 Å². The number of amides is 1. The first kappa shape index (κ1) is 26.0. The number of hydrogen-bond acceptors (Lipinski definition) is 4. The van der Waals surface area contributed by atoms with Gasteiger partial charge >= 0.3 is 12.3 Å². The number of alkyl halides is 3. The molecule has 200 valence electrons. The fraction of sp³-hybridized carbons (Fsp3) is 0.414. The Bertz CT molecular complexity index is 1450. The van der Waals surface area contributed by atoms with Crippen molar-refractivity contribution in [2.45, 2.75) is 58.4 Å². The number of halogens is 3. The molecule has 1 fully saturated rings. The summed E-state index contributed by atoms with van der Waals surface area (Å²) in [4.78, 5) is 22.7. The lowest BCUT2D eigenvalue weighted by atomic mass is 9.93. The highest BCUT2D eigenvalue weighted by Crippen LogP contribution is 2.39. The first-order valence-corrected chi connectivity index (χ1v) is 12.9. The Morgan fingerprint density at radius 2 is 1.63 bits per heavy atom. The third-order valence-corrected chi connectivity index (χ3v) is 6.91. The zero-order valence-electron chi connectivity index (χ0n) is 21.8. The van der Waals surface area contributed by atoms with Crippen LogP contribution in [-0.4, -0.2) is 44.2 Å². The van der Waals surface area contributed by atoms with Crippen molar-refractivity contribution < 1.29 is 22.7 Å². The Morgan fingerprint density at radius 1 is 0.974 bits per heavy atom. The van der Waals surface area contributed by atoms with E-state index in [1.165, 1.54) is 0 Å². The molecule has 6 nitrogen and oxygen atoms in total. The van der Waals surface area contributed by atoms with Gasteiger partial charge in [0.15, 0.2) is 5.69 Å². The van der Waals surface area contributed by atoms with E-state index in [0.29, 0.717) is 47.8 Å². The lowest BCUT2D eigenvalue weighted by Crippen LogP contribution is -2.41. The quantitative estimate of drug-likeness (QED) is 0.281. The molecule has 0 aliphatic carbocycles. The molecule has 2 aromatic carbocycles. The normalized spacial score (nSPS) is 15.4. The van der Waals surface area contributed by atoms with Crippen LogP contribution in [0, 0.1) is 5.92 Å². The van der Waals surface area contributed by atoms with Gasteiger partial charge in [0.05, 0.1) is 11.0 Å². The Balaban J connectivity index is 1.49. The molecule has 5 rings (SSSR count). The van der Waals surface area contributed by atoms with Crippen molar-refractivity contribution in [3.05, 3.63) is 60.3 Å². The summed E-state index contributed by atoms with van der Waals surface area (Å²) in [6, 6.07) is 16.2. The molecule has 1 aliphatic heterocycles. The number of fused-ring (bicyclic) bond motifs is 3. The van der Waals surface area contributed by atoms with E-state index in [1.807, 2.05) is 61.7 Å².